The fourth-order valence-corrected chi connectivity index (χ4v) is 2.81. The molecule has 3 N–H and O–H groups in total. The molecule has 0 atom stereocenters. The molecular formula is C16H23N3O6S. The third kappa shape index (κ3) is 9.14. The molecule has 26 heavy (non-hydrogen) atoms. The van der Waals surface area contributed by atoms with E-state index in [4.69, 9.17) is 0 Å². The first kappa shape index (κ1) is 21.6. The number of esters is 1. The number of ether oxygens (including phenoxy) is 1. The minimum Gasteiger partial charge on any atom is -0.463 e. The number of hydrogen-bond acceptors (Lipinski definition) is 7. The van der Waals surface area contributed by atoms with E-state index < -0.39 is 21.8 Å². The van der Waals surface area contributed by atoms with Gasteiger partial charge in [-0.3, -0.25) is 9.59 Å². The lowest BCUT2D eigenvalue weighted by molar-refractivity contribution is -0.151. The maximum Gasteiger partial charge on any atom is 0.374 e. The van der Waals surface area contributed by atoms with Crippen molar-refractivity contribution in [2.75, 3.05) is 24.8 Å². The number of carbonyl (C=O) groups is 3. The second-order valence-electron chi connectivity index (χ2n) is 5.38. The van der Waals surface area contributed by atoms with Crippen LogP contribution in [0, 0.1) is 0 Å². The van der Waals surface area contributed by atoms with Crippen LogP contribution in [0.25, 0.3) is 0 Å². The van der Waals surface area contributed by atoms with Crippen LogP contribution in [0.3, 0.4) is 0 Å². The topological polar surface area (TPSA) is 131 Å². The van der Waals surface area contributed by atoms with E-state index in [0.717, 1.165) is 7.11 Å². The van der Waals surface area contributed by atoms with Gasteiger partial charge in [0.15, 0.2) is 0 Å². The van der Waals surface area contributed by atoms with Gasteiger partial charge in [-0.05, 0) is 25.0 Å². The van der Waals surface area contributed by atoms with Crippen molar-refractivity contribution in [3.05, 3.63) is 30.3 Å². The molecule has 1 rings (SSSR count). The Morgan fingerprint density at radius 1 is 1.04 bits per heavy atom. The quantitative estimate of drug-likeness (QED) is 0.205. The van der Waals surface area contributed by atoms with Crippen molar-refractivity contribution in [2.24, 2.45) is 0 Å². The highest BCUT2D eigenvalue weighted by Gasteiger charge is 2.14. The number of para-hydroxylation sites is 1. The molecule has 1 aromatic carbocycles. The first-order valence-electron chi connectivity index (χ1n) is 8.02. The predicted octanol–water partition coefficient (Wildman–Crippen LogP) is 0.352. The fourth-order valence-electron chi connectivity index (χ4n) is 1.91. The van der Waals surface area contributed by atoms with Crippen LogP contribution in [0.1, 0.15) is 25.7 Å². The van der Waals surface area contributed by atoms with Crippen molar-refractivity contribution in [3.8, 4) is 0 Å². The second-order valence-corrected chi connectivity index (χ2v) is 7.23. The van der Waals surface area contributed by atoms with E-state index in [1.54, 1.807) is 24.3 Å². The number of anilines is 1. The summed E-state index contributed by atoms with van der Waals surface area (Å²) in [6.07, 6.45) is 0.464. The Morgan fingerprint density at radius 3 is 2.38 bits per heavy atom. The highest BCUT2D eigenvalue weighted by atomic mass is 32.2. The van der Waals surface area contributed by atoms with Gasteiger partial charge in [-0.15, -0.1) is 4.83 Å². The molecule has 0 aliphatic rings. The Morgan fingerprint density at radius 2 is 1.73 bits per heavy atom. The zero-order chi connectivity index (χ0) is 19.4. The van der Waals surface area contributed by atoms with Gasteiger partial charge in [0, 0.05) is 25.1 Å². The number of benzene rings is 1. The van der Waals surface area contributed by atoms with Crippen molar-refractivity contribution in [1.82, 2.24) is 10.1 Å². The highest BCUT2D eigenvalue weighted by molar-refractivity contribution is 7.89. The van der Waals surface area contributed by atoms with E-state index in [2.05, 4.69) is 20.3 Å². The first-order chi connectivity index (χ1) is 12.3. The van der Waals surface area contributed by atoms with E-state index in [1.807, 2.05) is 6.07 Å². The van der Waals surface area contributed by atoms with Crippen LogP contribution in [-0.2, 0) is 29.1 Å². The molecule has 0 aliphatic heterocycles. The third-order valence-corrected chi connectivity index (χ3v) is 4.50. The zero-order valence-corrected chi connectivity index (χ0v) is 15.3. The molecule has 1 aromatic rings. The molecule has 0 aliphatic carbocycles. The standard InChI is InChI=1S/C16H23N3O6S/c1-25-16(22)14(20)9-5-10-15(21)17-11-6-12-26(23,24)19-18-13-7-3-2-4-8-13/h2-4,7-8,18-19H,5-6,9-12H2,1H3,(H,17,21). The Balaban J connectivity index is 2.15. The smallest absolute Gasteiger partial charge is 0.374 e. The summed E-state index contributed by atoms with van der Waals surface area (Å²) in [7, 11) is -2.41. The number of hydrazine groups is 1. The molecule has 1 amide bonds. The summed E-state index contributed by atoms with van der Waals surface area (Å²) in [5.74, 6) is -2.07. The molecule has 0 heterocycles. The third-order valence-electron chi connectivity index (χ3n) is 3.26. The van der Waals surface area contributed by atoms with E-state index in [9.17, 15) is 22.8 Å². The number of Topliss-reactive ketones (excluding diaryl/α,β-unsaturated/α-hetero) is 1. The van der Waals surface area contributed by atoms with Crippen molar-refractivity contribution in [3.63, 3.8) is 0 Å². The average molecular weight is 385 g/mol. The molecule has 0 saturated heterocycles. The first-order valence-corrected chi connectivity index (χ1v) is 9.67. The van der Waals surface area contributed by atoms with Gasteiger partial charge in [-0.25, -0.2) is 13.2 Å². The van der Waals surface area contributed by atoms with Gasteiger partial charge in [-0.2, -0.15) is 0 Å². The summed E-state index contributed by atoms with van der Waals surface area (Å²) in [5.41, 5.74) is 3.21. The van der Waals surface area contributed by atoms with Gasteiger partial charge in [0.25, 0.3) is 0 Å². The van der Waals surface area contributed by atoms with Crippen LogP contribution < -0.4 is 15.6 Å². The number of ketones is 1. The molecule has 9 nitrogen and oxygen atoms in total. The summed E-state index contributed by atoms with van der Waals surface area (Å²) in [6.45, 7) is 0.191. The second kappa shape index (κ2) is 11.2. The van der Waals surface area contributed by atoms with Crippen LogP contribution in [0.15, 0.2) is 30.3 Å². The molecule has 0 unspecified atom stereocenters. The Hall–Kier alpha value is -2.46. The van der Waals surface area contributed by atoms with Crippen LogP contribution in [0.4, 0.5) is 5.69 Å². The normalized spacial score (nSPS) is 10.8. The molecule has 0 fully saturated rings. The van der Waals surface area contributed by atoms with Crippen LogP contribution in [-0.4, -0.2) is 45.5 Å². The minimum absolute atomic E-state index is 0.0659. The number of amides is 1. The summed E-state index contributed by atoms with van der Waals surface area (Å²) >= 11 is 0. The lowest BCUT2D eigenvalue weighted by Gasteiger charge is -2.09. The number of sulfonamides is 1. The highest BCUT2D eigenvalue weighted by Crippen LogP contribution is 2.03. The Kier molecular flexibility index (Phi) is 9.31. The van der Waals surface area contributed by atoms with Gasteiger partial charge in [0.2, 0.25) is 21.7 Å². The van der Waals surface area contributed by atoms with Gasteiger partial charge in [0.05, 0.1) is 12.9 Å². The lowest BCUT2D eigenvalue weighted by atomic mass is 10.1. The van der Waals surface area contributed by atoms with E-state index in [1.165, 1.54) is 0 Å². The SMILES string of the molecule is COC(=O)C(=O)CCCC(=O)NCCCS(=O)(=O)NNc1ccccc1. The Labute approximate surface area is 152 Å². The van der Waals surface area contributed by atoms with E-state index >= 15 is 0 Å². The van der Waals surface area contributed by atoms with Crippen molar-refractivity contribution in [2.45, 2.75) is 25.7 Å². The van der Waals surface area contributed by atoms with E-state index in [0.29, 0.717) is 5.69 Å². The van der Waals surface area contributed by atoms with Crippen LogP contribution >= 0.6 is 0 Å². The molecule has 0 saturated carbocycles. The molecule has 0 bridgehead atoms. The zero-order valence-electron chi connectivity index (χ0n) is 14.5. The number of nitrogens with one attached hydrogen (secondary N) is 3. The monoisotopic (exact) mass is 385 g/mol. The summed E-state index contributed by atoms with van der Waals surface area (Å²) in [4.78, 5) is 35.9. The van der Waals surface area contributed by atoms with Crippen molar-refractivity contribution < 1.29 is 27.5 Å². The predicted molar refractivity (Wildman–Crippen MR) is 95.5 cm³/mol. The fraction of sp³-hybridized carbons (Fsp3) is 0.438. The summed E-state index contributed by atoms with van der Waals surface area (Å²) in [5, 5.41) is 2.57. The lowest BCUT2D eigenvalue weighted by Crippen LogP contribution is -2.33. The maximum atomic E-state index is 11.8. The molecule has 10 heteroatoms. The molecule has 0 spiro atoms. The Bertz CT molecular complexity index is 706. The number of rotatable bonds is 12. The molecular weight excluding hydrogens is 362 g/mol. The number of methoxy groups -OCH3 is 1. The molecule has 144 valence electrons. The number of hydrogen-bond donors (Lipinski definition) is 3. The van der Waals surface area contributed by atoms with Crippen LogP contribution in [0.2, 0.25) is 0 Å². The molecule has 0 aromatic heterocycles. The van der Waals surface area contributed by atoms with Crippen molar-refractivity contribution in [1.29, 1.82) is 0 Å². The molecule has 0 radical (unpaired) electrons. The number of carbonyl (C=O) groups excluding carboxylic acids is 3. The van der Waals surface area contributed by atoms with Crippen molar-refractivity contribution >= 4 is 33.4 Å². The van der Waals surface area contributed by atoms with Gasteiger partial charge in [0.1, 0.15) is 0 Å². The van der Waals surface area contributed by atoms with Gasteiger partial charge < -0.3 is 15.5 Å². The summed E-state index contributed by atoms with van der Waals surface area (Å²) < 4.78 is 27.9. The maximum absolute atomic E-state index is 11.8. The largest absolute Gasteiger partial charge is 0.463 e. The summed E-state index contributed by atoms with van der Waals surface area (Å²) in [6, 6.07) is 8.78. The van der Waals surface area contributed by atoms with Crippen LogP contribution in [0.5, 0.6) is 0 Å². The van der Waals surface area contributed by atoms with Gasteiger partial charge in [-0.1, -0.05) is 18.2 Å². The van der Waals surface area contributed by atoms with E-state index in [-0.39, 0.29) is 43.9 Å². The van der Waals surface area contributed by atoms with Gasteiger partial charge >= 0.3 is 5.97 Å². The minimum atomic E-state index is -3.53. The average Bonchev–Trinajstić information content (AvgIpc) is 2.63.